The monoisotopic (exact) mass is 627 g/mol. The van der Waals surface area contributed by atoms with Crippen LogP contribution in [0.15, 0.2) is 114 Å². The van der Waals surface area contributed by atoms with Crippen molar-refractivity contribution in [1.29, 1.82) is 0 Å². The van der Waals surface area contributed by atoms with Crippen LogP contribution in [0.25, 0.3) is 0 Å². The first kappa shape index (κ1) is 32.2. The summed E-state index contributed by atoms with van der Waals surface area (Å²) in [7, 11) is -3.18. The predicted octanol–water partition coefficient (Wildman–Crippen LogP) is 5.43. The van der Waals surface area contributed by atoms with Gasteiger partial charge in [-0.05, 0) is 53.6 Å². The number of carbonyl (C=O) groups is 2. The molecule has 0 aliphatic heterocycles. The molecule has 4 rings (SSSR count). The SMILES string of the molecule is CNC(=O)[C@@H](Cc1ccccc1)N(Cc1ccc(F)cc1)C(=O)CN(c1cccc(C(F)(F)F)c1)S(=O)(=O)c1ccccc1. The lowest BCUT2D eigenvalue weighted by atomic mass is 10.0. The van der Waals surface area contributed by atoms with Gasteiger partial charge in [-0.3, -0.25) is 13.9 Å². The molecule has 0 aromatic heterocycles. The minimum Gasteiger partial charge on any atom is -0.357 e. The lowest BCUT2D eigenvalue weighted by Gasteiger charge is -2.33. The van der Waals surface area contributed by atoms with Gasteiger partial charge < -0.3 is 10.2 Å². The fourth-order valence-corrected chi connectivity index (χ4v) is 6.02. The van der Waals surface area contributed by atoms with E-state index in [2.05, 4.69) is 5.32 Å². The van der Waals surface area contributed by atoms with Crippen molar-refractivity contribution in [3.8, 4) is 0 Å². The number of rotatable bonds is 11. The molecule has 0 radical (unpaired) electrons. The number of hydrogen-bond donors (Lipinski definition) is 1. The van der Waals surface area contributed by atoms with Gasteiger partial charge in [0.25, 0.3) is 10.0 Å². The van der Waals surface area contributed by atoms with Crippen LogP contribution in [0.1, 0.15) is 16.7 Å². The maximum Gasteiger partial charge on any atom is 0.416 e. The molecular weight excluding hydrogens is 598 g/mol. The van der Waals surface area contributed by atoms with Gasteiger partial charge in [0.2, 0.25) is 11.8 Å². The van der Waals surface area contributed by atoms with Gasteiger partial charge in [0.15, 0.2) is 0 Å². The third kappa shape index (κ3) is 7.81. The molecule has 44 heavy (non-hydrogen) atoms. The normalized spacial score (nSPS) is 12.3. The summed E-state index contributed by atoms with van der Waals surface area (Å²) >= 11 is 0. The summed E-state index contributed by atoms with van der Waals surface area (Å²) in [6.45, 7) is -1.14. The average Bonchev–Trinajstić information content (AvgIpc) is 3.02. The molecule has 1 N–H and O–H groups in total. The lowest BCUT2D eigenvalue weighted by molar-refractivity contribution is -0.139. The van der Waals surface area contributed by atoms with Crippen LogP contribution in [-0.2, 0) is 38.8 Å². The van der Waals surface area contributed by atoms with Gasteiger partial charge in [-0.2, -0.15) is 13.2 Å². The molecule has 0 fully saturated rings. The highest BCUT2D eigenvalue weighted by Crippen LogP contribution is 2.33. The molecule has 7 nitrogen and oxygen atoms in total. The molecule has 2 amide bonds. The minimum atomic E-state index is -4.78. The molecule has 12 heteroatoms. The Balaban J connectivity index is 1.81. The molecule has 0 unspecified atom stereocenters. The Morgan fingerprint density at radius 3 is 2.02 bits per heavy atom. The number of halogens is 4. The summed E-state index contributed by atoms with van der Waals surface area (Å²) in [5, 5.41) is 2.53. The summed E-state index contributed by atoms with van der Waals surface area (Å²) in [5.41, 5.74) is -0.354. The molecular formula is C32H29F4N3O4S. The Morgan fingerprint density at radius 2 is 1.43 bits per heavy atom. The van der Waals surface area contributed by atoms with E-state index in [-0.39, 0.29) is 17.9 Å². The van der Waals surface area contributed by atoms with Crippen molar-refractivity contribution in [3.63, 3.8) is 0 Å². The second-order valence-electron chi connectivity index (χ2n) is 9.84. The van der Waals surface area contributed by atoms with Crippen LogP contribution in [-0.4, -0.2) is 44.8 Å². The summed E-state index contributed by atoms with van der Waals surface area (Å²) in [5.74, 6) is -1.94. The molecule has 230 valence electrons. The Hall–Kier alpha value is -4.71. The van der Waals surface area contributed by atoms with E-state index in [0.29, 0.717) is 21.5 Å². The number of amides is 2. The summed E-state index contributed by atoms with van der Waals surface area (Å²) in [4.78, 5) is 28.3. The van der Waals surface area contributed by atoms with Gasteiger partial charge in [-0.25, -0.2) is 12.8 Å². The van der Waals surface area contributed by atoms with Gasteiger partial charge >= 0.3 is 6.18 Å². The molecule has 1 atom stereocenters. The Labute approximate surface area is 252 Å². The van der Waals surface area contributed by atoms with Crippen molar-refractivity contribution >= 4 is 27.5 Å². The fraction of sp³-hybridized carbons (Fsp3) is 0.188. The van der Waals surface area contributed by atoms with Crippen LogP contribution in [0.2, 0.25) is 0 Å². The number of nitrogens with one attached hydrogen (secondary N) is 1. The molecule has 0 saturated carbocycles. The predicted molar refractivity (Wildman–Crippen MR) is 157 cm³/mol. The van der Waals surface area contributed by atoms with Gasteiger partial charge in [0.1, 0.15) is 18.4 Å². The number of anilines is 1. The van der Waals surface area contributed by atoms with Crippen LogP contribution in [0.3, 0.4) is 0 Å². The maximum atomic E-state index is 14.2. The third-order valence-corrected chi connectivity index (χ3v) is 8.64. The molecule has 0 bridgehead atoms. The third-order valence-electron chi connectivity index (χ3n) is 6.86. The standard InChI is InChI=1S/C32H29F4N3O4S/c1-37-31(41)29(19-23-9-4-2-5-10-23)38(21-24-15-17-26(33)18-16-24)30(40)22-39(44(42,43)28-13-6-3-7-14-28)27-12-8-11-25(20-27)32(34,35)36/h2-18,20,29H,19,21-22H2,1H3,(H,37,41)/t29-/m1/s1. The zero-order chi connectivity index (χ0) is 31.9. The number of hydrogen-bond acceptors (Lipinski definition) is 4. The van der Waals surface area contributed by atoms with Crippen molar-refractivity contribution in [1.82, 2.24) is 10.2 Å². The van der Waals surface area contributed by atoms with Crippen molar-refractivity contribution in [2.75, 3.05) is 17.9 Å². The van der Waals surface area contributed by atoms with E-state index in [1.165, 1.54) is 55.6 Å². The number of carbonyl (C=O) groups excluding carboxylic acids is 2. The number of alkyl halides is 3. The Bertz CT molecular complexity index is 1680. The van der Waals surface area contributed by atoms with E-state index in [1.54, 1.807) is 36.4 Å². The number of likely N-dealkylation sites (N-methyl/N-ethyl adjacent to an activating group) is 1. The first-order chi connectivity index (χ1) is 20.9. The molecule has 0 heterocycles. The number of nitrogens with zero attached hydrogens (tertiary/aromatic N) is 2. The molecule has 0 aliphatic rings. The van der Waals surface area contributed by atoms with Crippen LogP contribution < -0.4 is 9.62 Å². The lowest BCUT2D eigenvalue weighted by Crippen LogP contribution is -2.53. The van der Waals surface area contributed by atoms with Gasteiger partial charge in [-0.1, -0.05) is 66.7 Å². The highest BCUT2D eigenvalue weighted by molar-refractivity contribution is 7.92. The van der Waals surface area contributed by atoms with Crippen LogP contribution in [0.4, 0.5) is 23.2 Å². The highest BCUT2D eigenvalue weighted by atomic mass is 32.2. The van der Waals surface area contributed by atoms with Crippen molar-refractivity contribution in [2.24, 2.45) is 0 Å². The van der Waals surface area contributed by atoms with E-state index >= 15 is 0 Å². The molecule has 4 aromatic carbocycles. The summed E-state index contributed by atoms with van der Waals surface area (Å²) in [6.07, 6.45) is -4.74. The topological polar surface area (TPSA) is 86.8 Å². The van der Waals surface area contributed by atoms with Gasteiger partial charge in [0.05, 0.1) is 16.1 Å². The molecule has 4 aromatic rings. The van der Waals surface area contributed by atoms with Crippen molar-refractivity contribution in [3.05, 3.63) is 132 Å². The largest absolute Gasteiger partial charge is 0.416 e. The minimum absolute atomic E-state index is 0.0441. The quantitative estimate of drug-likeness (QED) is 0.225. The van der Waals surface area contributed by atoms with Crippen molar-refractivity contribution in [2.45, 2.75) is 30.1 Å². The molecule has 0 saturated heterocycles. The molecule has 0 aliphatic carbocycles. The van der Waals surface area contributed by atoms with Gasteiger partial charge in [0, 0.05) is 20.0 Å². The highest BCUT2D eigenvalue weighted by Gasteiger charge is 2.36. The van der Waals surface area contributed by atoms with Crippen molar-refractivity contribution < 1.29 is 35.6 Å². The fourth-order valence-electron chi connectivity index (χ4n) is 4.59. The van der Waals surface area contributed by atoms with Crippen LogP contribution in [0.5, 0.6) is 0 Å². The number of benzene rings is 4. The second-order valence-corrected chi connectivity index (χ2v) is 11.7. The van der Waals surface area contributed by atoms with E-state index in [1.807, 2.05) is 0 Å². The number of sulfonamides is 1. The van der Waals surface area contributed by atoms with E-state index in [9.17, 15) is 35.6 Å². The smallest absolute Gasteiger partial charge is 0.357 e. The Kier molecular flexibility index (Phi) is 10.0. The maximum absolute atomic E-state index is 14.2. The second kappa shape index (κ2) is 13.7. The van der Waals surface area contributed by atoms with E-state index < -0.39 is 57.7 Å². The van der Waals surface area contributed by atoms with E-state index in [4.69, 9.17) is 0 Å². The van der Waals surface area contributed by atoms with Crippen LogP contribution >= 0.6 is 0 Å². The summed E-state index contributed by atoms with van der Waals surface area (Å²) in [6, 6.07) is 23.5. The first-order valence-corrected chi connectivity index (χ1v) is 14.9. The Morgan fingerprint density at radius 1 is 0.818 bits per heavy atom. The molecule has 0 spiro atoms. The summed E-state index contributed by atoms with van der Waals surface area (Å²) < 4.78 is 82.9. The van der Waals surface area contributed by atoms with Gasteiger partial charge in [-0.15, -0.1) is 0 Å². The zero-order valence-corrected chi connectivity index (χ0v) is 24.4. The zero-order valence-electron chi connectivity index (χ0n) is 23.5. The average molecular weight is 628 g/mol. The van der Waals surface area contributed by atoms with Crippen LogP contribution in [0, 0.1) is 5.82 Å². The van der Waals surface area contributed by atoms with E-state index in [0.717, 1.165) is 23.1 Å². The first-order valence-electron chi connectivity index (χ1n) is 13.4.